The molecule has 1 heteroatoms. The lowest BCUT2D eigenvalue weighted by atomic mass is 10.2. The van der Waals surface area contributed by atoms with E-state index in [1.165, 1.54) is 0 Å². The quantitative estimate of drug-likeness (QED) is 0.508. The van der Waals surface area contributed by atoms with E-state index in [-0.39, 0.29) is 0 Å². The van der Waals surface area contributed by atoms with Crippen LogP contribution in [0.4, 0.5) is 0 Å². The lowest BCUT2D eigenvalue weighted by Crippen LogP contribution is -1.75. The topological polar surface area (TPSA) is 17.1 Å². The number of hydrogen-bond acceptors (Lipinski definition) is 1. The van der Waals surface area contributed by atoms with Crippen LogP contribution in [0.3, 0.4) is 0 Å². The van der Waals surface area contributed by atoms with Crippen molar-refractivity contribution in [3.8, 4) is 0 Å². The predicted molar refractivity (Wildman–Crippen MR) is 34.4 cm³/mol. The maximum absolute atomic E-state index is 9.72. The van der Waals surface area contributed by atoms with E-state index in [4.69, 9.17) is 0 Å². The van der Waals surface area contributed by atoms with Crippen LogP contribution in [0.15, 0.2) is 11.6 Å². The van der Waals surface area contributed by atoms with Crippen LogP contribution in [0.25, 0.3) is 0 Å². The van der Waals surface area contributed by atoms with Gasteiger partial charge in [-0.05, 0) is 13.3 Å². The molecular formula is C7H11O. The summed E-state index contributed by atoms with van der Waals surface area (Å²) < 4.78 is 0. The molecule has 8 heavy (non-hydrogen) atoms. The molecule has 45 valence electrons. The molecule has 0 heterocycles. The van der Waals surface area contributed by atoms with Gasteiger partial charge in [0, 0.05) is 6.42 Å². The molecule has 0 aromatic carbocycles. The molecule has 0 aliphatic rings. The molecule has 0 amide bonds. The maximum Gasteiger partial charge on any atom is 0.202 e. The van der Waals surface area contributed by atoms with Crippen LogP contribution in [0.5, 0.6) is 0 Å². The molecule has 0 spiro atoms. The first-order valence-electron chi connectivity index (χ1n) is 2.82. The van der Waals surface area contributed by atoms with Crippen LogP contribution in [0.1, 0.15) is 26.7 Å². The Morgan fingerprint density at radius 2 is 2.38 bits per heavy atom. The summed E-state index contributed by atoms with van der Waals surface area (Å²) in [4.78, 5) is 9.72. The second-order valence-electron chi connectivity index (χ2n) is 1.78. The van der Waals surface area contributed by atoms with Crippen molar-refractivity contribution in [3.63, 3.8) is 0 Å². The molecule has 0 aliphatic heterocycles. The van der Waals surface area contributed by atoms with E-state index in [1.54, 1.807) is 0 Å². The van der Waals surface area contributed by atoms with Crippen LogP contribution in [-0.4, -0.2) is 6.29 Å². The number of allylic oxidation sites excluding steroid dienone is 2. The fourth-order valence-electron chi connectivity index (χ4n) is 0.534. The smallest absolute Gasteiger partial charge is 0.202 e. The van der Waals surface area contributed by atoms with Gasteiger partial charge in [-0.25, -0.2) is 0 Å². The SMILES string of the molecule is CC/C=C(\C)C[C]=O. The lowest BCUT2D eigenvalue weighted by molar-refractivity contribution is 0.555. The van der Waals surface area contributed by atoms with Crippen molar-refractivity contribution in [2.24, 2.45) is 0 Å². The van der Waals surface area contributed by atoms with Crippen molar-refractivity contribution in [1.82, 2.24) is 0 Å². The van der Waals surface area contributed by atoms with Crippen molar-refractivity contribution >= 4 is 6.29 Å². The minimum absolute atomic E-state index is 0.466. The predicted octanol–water partition coefficient (Wildman–Crippen LogP) is 1.84. The van der Waals surface area contributed by atoms with E-state index in [0.29, 0.717) is 6.42 Å². The van der Waals surface area contributed by atoms with E-state index in [9.17, 15) is 4.79 Å². The van der Waals surface area contributed by atoms with Gasteiger partial charge in [0.2, 0.25) is 6.29 Å². The summed E-state index contributed by atoms with van der Waals surface area (Å²) in [6, 6.07) is 0. The Bertz CT molecular complexity index is 92.6. The van der Waals surface area contributed by atoms with E-state index < -0.39 is 0 Å². The van der Waals surface area contributed by atoms with Crippen LogP contribution in [0, 0.1) is 0 Å². The zero-order valence-corrected chi connectivity index (χ0v) is 5.40. The van der Waals surface area contributed by atoms with Gasteiger partial charge in [-0.3, -0.25) is 4.79 Å². The summed E-state index contributed by atoms with van der Waals surface area (Å²) in [6.45, 7) is 3.99. The van der Waals surface area contributed by atoms with Gasteiger partial charge in [-0.15, -0.1) is 0 Å². The average molecular weight is 111 g/mol. The zero-order chi connectivity index (χ0) is 6.41. The third kappa shape index (κ3) is 3.59. The maximum atomic E-state index is 9.72. The van der Waals surface area contributed by atoms with E-state index in [2.05, 4.69) is 0 Å². The van der Waals surface area contributed by atoms with Crippen molar-refractivity contribution in [2.45, 2.75) is 26.7 Å². The second kappa shape index (κ2) is 4.57. The van der Waals surface area contributed by atoms with Gasteiger partial charge in [-0.1, -0.05) is 18.6 Å². The highest BCUT2D eigenvalue weighted by Crippen LogP contribution is 1.96. The Morgan fingerprint density at radius 3 is 2.75 bits per heavy atom. The van der Waals surface area contributed by atoms with Gasteiger partial charge >= 0.3 is 0 Å². The highest BCUT2D eigenvalue weighted by Gasteiger charge is 1.83. The fraction of sp³-hybridized carbons (Fsp3) is 0.571. The molecule has 0 aromatic rings. The van der Waals surface area contributed by atoms with Gasteiger partial charge in [0.1, 0.15) is 0 Å². The molecule has 1 nitrogen and oxygen atoms in total. The molecule has 0 aromatic heterocycles. The molecule has 0 rings (SSSR count). The van der Waals surface area contributed by atoms with E-state index in [1.807, 2.05) is 26.2 Å². The van der Waals surface area contributed by atoms with Crippen molar-refractivity contribution in [1.29, 1.82) is 0 Å². The molecule has 0 saturated heterocycles. The molecule has 1 radical (unpaired) electrons. The molecule has 0 saturated carbocycles. The van der Waals surface area contributed by atoms with E-state index in [0.717, 1.165) is 12.0 Å². The largest absolute Gasteiger partial charge is 0.291 e. The third-order valence-electron chi connectivity index (χ3n) is 0.904. The third-order valence-corrected chi connectivity index (χ3v) is 0.904. The van der Waals surface area contributed by atoms with Crippen molar-refractivity contribution in [2.75, 3.05) is 0 Å². The van der Waals surface area contributed by atoms with Gasteiger partial charge in [0.15, 0.2) is 0 Å². The lowest BCUT2D eigenvalue weighted by Gasteiger charge is -1.87. The normalized spacial score (nSPS) is 11.5. The monoisotopic (exact) mass is 111 g/mol. The molecule has 0 N–H and O–H groups in total. The molecule has 0 fully saturated rings. The number of carbonyl (C=O) groups excluding carboxylic acids is 1. The Balaban J connectivity index is 3.44. The minimum atomic E-state index is 0.466. The van der Waals surface area contributed by atoms with Crippen LogP contribution in [-0.2, 0) is 4.79 Å². The summed E-state index contributed by atoms with van der Waals surface area (Å²) in [5, 5.41) is 0. The molecule has 0 bridgehead atoms. The van der Waals surface area contributed by atoms with E-state index >= 15 is 0 Å². The number of rotatable bonds is 3. The Hall–Kier alpha value is -0.590. The Labute approximate surface area is 50.4 Å². The first-order valence-corrected chi connectivity index (χ1v) is 2.82. The van der Waals surface area contributed by atoms with Crippen LogP contribution >= 0.6 is 0 Å². The fourth-order valence-corrected chi connectivity index (χ4v) is 0.534. The first kappa shape index (κ1) is 7.41. The average Bonchev–Trinajstić information content (AvgIpc) is 1.68. The highest BCUT2D eigenvalue weighted by atomic mass is 16.1. The Morgan fingerprint density at radius 1 is 1.75 bits per heavy atom. The second-order valence-corrected chi connectivity index (χ2v) is 1.78. The number of hydrogen-bond donors (Lipinski definition) is 0. The zero-order valence-electron chi connectivity index (χ0n) is 5.40. The highest BCUT2D eigenvalue weighted by molar-refractivity contribution is 5.54. The van der Waals surface area contributed by atoms with Gasteiger partial charge in [0.25, 0.3) is 0 Å². The van der Waals surface area contributed by atoms with Crippen molar-refractivity contribution in [3.05, 3.63) is 11.6 Å². The van der Waals surface area contributed by atoms with Gasteiger partial charge < -0.3 is 0 Å². The molecule has 0 unspecified atom stereocenters. The molecule has 0 atom stereocenters. The van der Waals surface area contributed by atoms with Crippen molar-refractivity contribution < 1.29 is 4.79 Å². The summed E-state index contributed by atoms with van der Waals surface area (Å²) in [6.07, 6.45) is 5.34. The standard InChI is InChI=1S/C7H11O/c1-3-4-7(2)5-6-8/h4H,3,5H2,1-2H3/b7-4+. The first-order chi connectivity index (χ1) is 3.81. The van der Waals surface area contributed by atoms with Crippen LogP contribution < -0.4 is 0 Å². The molecule has 0 aliphatic carbocycles. The summed E-state index contributed by atoms with van der Waals surface area (Å²) in [5.41, 5.74) is 1.11. The van der Waals surface area contributed by atoms with Crippen LogP contribution in [0.2, 0.25) is 0 Å². The Kier molecular flexibility index (Phi) is 4.23. The summed E-state index contributed by atoms with van der Waals surface area (Å²) in [7, 11) is 0. The van der Waals surface area contributed by atoms with Gasteiger partial charge in [-0.2, -0.15) is 0 Å². The summed E-state index contributed by atoms with van der Waals surface area (Å²) >= 11 is 0. The minimum Gasteiger partial charge on any atom is -0.291 e. The van der Waals surface area contributed by atoms with Gasteiger partial charge in [0.05, 0.1) is 0 Å². The molecular weight excluding hydrogens is 100 g/mol. The summed E-state index contributed by atoms with van der Waals surface area (Å²) in [5.74, 6) is 0.